The van der Waals surface area contributed by atoms with Crippen LogP contribution < -0.4 is 5.32 Å². The summed E-state index contributed by atoms with van der Waals surface area (Å²) in [7, 11) is 0. The zero-order valence-electron chi connectivity index (χ0n) is 12.2. The number of pyridine rings is 1. The van der Waals surface area contributed by atoms with Crippen molar-refractivity contribution in [2.24, 2.45) is 5.92 Å². The molecular weight excluding hydrogens is 286 g/mol. The van der Waals surface area contributed by atoms with Crippen LogP contribution >= 0.6 is 0 Å². The molecule has 2 aromatic heterocycles. The molecule has 116 valence electrons. The Morgan fingerprint density at radius 1 is 1.45 bits per heavy atom. The first-order valence-electron chi connectivity index (χ1n) is 7.00. The molecule has 0 saturated heterocycles. The van der Waals surface area contributed by atoms with Crippen molar-refractivity contribution < 1.29 is 19.2 Å². The lowest BCUT2D eigenvalue weighted by atomic mass is 10.0. The Morgan fingerprint density at radius 2 is 2.27 bits per heavy atom. The van der Waals surface area contributed by atoms with Crippen LogP contribution in [0.25, 0.3) is 11.3 Å². The first kappa shape index (κ1) is 15.7. The van der Waals surface area contributed by atoms with Crippen molar-refractivity contribution in [1.29, 1.82) is 0 Å². The molecule has 0 aliphatic heterocycles. The summed E-state index contributed by atoms with van der Waals surface area (Å²) in [5, 5.41) is 15.3. The average Bonchev–Trinajstić information content (AvgIpc) is 3.01. The van der Waals surface area contributed by atoms with Crippen LogP contribution in [0.15, 0.2) is 35.1 Å². The van der Waals surface area contributed by atoms with Gasteiger partial charge in [-0.3, -0.25) is 14.6 Å². The van der Waals surface area contributed by atoms with Gasteiger partial charge in [-0.15, -0.1) is 0 Å². The zero-order valence-corrected chi connectivity index (χ0v) is 12.2. The van der Waals surface area contributed by atoms with Crippen LogP contribution in [0.1, 0.15) is 30.3 Å². The Bertz CT molecular complexity index is 639. The number of amides is 1. The number of carbonyl (C=O) groups excluding carboxylic acids is 1. The van der Waals surface area contributed by atoms with E-state index in [1.54, 1.807) is 24.5 Å². The predicted molar refractivity (Wildman–Crippen MR) is 78.1 cm³/mol. The van der Waals surface area contributed by atoms with Crippen LogP contribution in [-0.4, -0.2) is 33.7 Å². The average molecular weight is 303 g/mol. The lowest BCUT2D eigenvalue weighted by molar-refractivity contribution is -0.141. The van der Waals surface area contributed by atoms with E-state index in [1.807, 2.05) is 6.92 Å². The molecule has 22 heavy (non-hydrogen) atoms. The Labute approximate surface area is 127 Å². The van der Waals surface area contributed by atoms with Gasteiger partial charge in [-0.2, -0.15) is 0 Å². The van der Waals surface area contributed by atoms with E-state index in [4.69, 9.17) is 9.63 Å². The lowest BCUT2D eigenvalue weighted by Gasteiger charge is -2.11. The number of aromatic nitrogens is 2. The van der Waals surface area contributed by atoms with Crippen molar-refractivity contribution in [1.82, 2.24) is 15.5 Å². The molecule has 7 heteroatoms. The van der Waals surface area contributed by atoms with E-state index in [9.17, 15) is 9.59 Å². The summed E-state index contributed by atoms with van der Waals surface area (Å²) in [5.74, 6) is -1.54. The molecule has 0 fully saturated rings. The van der Waals surface area contributed by atoms with Crippen LogP contribution in [-0.2, 0) is 4.79 Å². The Hall–Kier alpha value is -2.70. The summed E-state index contributed by atoms with van der Waals surface area (Å²) >= 11 is 0. The number of carbonyl (C=O) groups is 2. The standard InChI is InChI=1S/C15H17N3O4/c1-2-4-11(15(20)21)9-17-14(19)12-7-13(22-18-12)10-5-3-6-16-8-10/h3,5-8,11H,2,4,9H2,1H3,(H,17,19)(H,20,21). The number of nitrogens with one attached hydrogen (secondary N) is 1. The molecule has 1 amide bonds. The third kappa shape index (κ3) is 3.91. The van der Waals surface area contributed by atoms with Gasteiger partial charge in [0.05, 0.1) is 5.92 Å². The Kier molecular flexibility index (Phi) is 5.24. The highest BCUT2D eigenvalue weighted by Gasteiger charge is 2.19. The van der Waals surface area contributed by atoms with Crippen molar-refractivity contribution in [3.8, 4) is 11.3 Å². The van der Waals surface area contributed by atoms with Crippen LogP contribution in [0.5, 0.6) is 0 Å². The number of aliphatic carboxylic acids is 1. The highest BCUT2D eigenvalue weighted by Crippen LogP contribution is 2.18. The van der Waals surface area contributed by atoms with E-state index in [0.717, 1.165) is 6.42 Å². The second-order valence-electron chi connectivity index (χ2n) is 4.85. The van der Waals surface area contributed by atoms with E-state index in [2.05, 4.69) is 15.5 Å². The van der Waals surface area contributed by atoms with Crippen molar-refractivity contribution in [3.63, 3.8) is 0 Å². The molecule has 2 N–H and O–H groups in total. The summed E-state index contributed by atoms with van der Waals surface area (Å²) in [6.07, 6.45) is 4.48. The smallest absolute Gasteiger partial charge is 0.308 e. The maximum absolute atomic E-state index is 12.0. The number of rotatable bonds is 7. The van der Waals surface area contributed by atoms with Gasteiger partial charge in [0.15, 0.2) is 11.5 Å². The molecule has 0 bridgehead atoms. The highest BCUT2D eigenvalue weighted by atomic mass is 16.5. The second-order valence-corrected chi connectivity index (χ2v) is 4.85. The summed E-state index contributed by atoms with van der Waals surface area (Å²) in [6, 6.07) is 5.04. The number of hydrogen-bond acceptors (Lipinski definition) is 5. The molecule has 0 aliphatic carbocycles. The number of carboxylic acid groups (broad SMARTS) is 1. The molecule has 1 unspecified atom stereocenters. The Balaban J connectivity index is 1.99. The molecule has 0 radical (unpaired) electrons. The number of hydrogen-bond donors (Lipinski definition) is 2. The summed E-state index contributed by atoms with van der Waals surface area (Å²) in [5.41, 5.74) is 0.822. The molecule has 0 saturated carbocycles. The fourth-order valence-electron chi connectivity index (χ4n) is 1.99. The third-order valence-electron chi connectivity index (χ3n) is 3.18. The number of carboxylic acids is 1. The topological polar surface area (TPSA) is 105 Å². The van der Waals surface area contributed by atoms with Gasteiger partial charge >= 0.3 is 5.97 Å². The second kappa shape index (κ2) is 7.35. The minimum absolute atomic E-state index is 0.0666. The van der Waals surface area contributed by atoms with Gasteiger partial charge in [-0.05, 0) is 18.6 Å². The summed E-state index contributed by atoms with van der Waals surface area (Å²) in [6.45, 7) is 1.96. The molecular formula is C15H17N3O4. The quantitative estimate of drug-likeness (QED) is 0.810. The van der Waals surface area contributed by atoms with Gasteiger partial charge in [0.1, 0.15) is 0 Å². The van der Waals surface area contributed by atoms with Gasteiger partial charge in [-0.25, -0.2) is 0 Å². The normalized spacial score (nSPS) is 11.9. The zero-order chi connectivity index (χ0) is 15.9. The van der Waals surface area contributed by atoms with E-state index in [1.165, 1.54) is 6.07 Å². The molecule has 2 heterocycles. The van der Waals surface area contributed by atoms with Gasteiger partial charge < -0.3 is 14.9 Å². The SMILES string of the molecule is CCCC(CNC(=O)c1cc(-c2cccnc2)on1)C(=O)O. The van der Waals surface area contributed by atoms with E-state index in [0.29, 0.717) is 17.7 Å². The monoisotopic (exact) mass is 303 g/mol. The maximum atomic E-state index is 12.0. The van der Waals surface area contributed by atoms with Crippen molar-refractivity contribution in [3.05, 3.63) is 36.3 Å². The first-order valence-corrected chi connectivity index (χ1v) is 7.00. The molecule has 0 aromatic carbocycles. The van der Waals surface area contributed by atoms with E-state index >= 15 is 0 Å². The lowest BCUT2D eigenvalue weighted by Crippen LogP contribution is -2.33. The fourth-order valence-corrected chi connectivity index (χ4v) is 1.99. The largest absolute Gasteiger partial charge is 0.481 e. The highest BCUT2D eigenvalue weighted by molar-refractivity contribution is 5.93. The minimum atomic E-state index is -0.918. The van der Waals surface area contributed by atoms with E-state index in [-0.39, 0.29) is 12.2 Å². The molecule has 0 spiro atoms. The predicted octanol–water partition coefficient (Wildman–Crippen LogP) is 1.97. The molecule has 1 atom stereocenters. The fraction of sp³-hybridized carbons (Fsp3) is 0.333. The first-order chi connectivity index (χ1) is 10.6. The van der Waals surface area contributed by atoms with Crippen LogP contribution in [0.3, 0.4) is 0 Å². The van der Waals surface area contributed by atoms with Gasteiger partial charge in [-0.1, -0.05) is 18.5 Å². The third-order valence-corrected chi connectivity index (χ3v) is 3.18. The summed E-state index contributed by atoms with van der Waals surface area (Å²) in [4.78, 5) is 27.0. The Morgan fingerprint density at radius 3 is 2.91 bits per heavy atom. The van der Waals surface area contributed by atoms with Crippen LogP contribution in [0.2, 0.25) is 0 Å². The van der Waals surface area contributed by atoms with Crippen molar-refractivity contribution in [2.75, 3.05) is 6.54 Å². The van der Waals surface area contributed by atoms with Crippen LogP contribution in [0, 0.1) is 5.92 Å². The minimum Gasteiger partial charge on any atom is -0.481 e. The van der Waals surface area contributed by atoms with Crippen LogP contribution in [0.4, 0.5) is 0 Å². The number of nitrogens with zero attached hydrogens (tertiary/aromatic N) is 2. The summed E-state index contributed by atoms with van der Waals surface area (Å²) < 4.78 is 5.11. The molecule has 0 aliphatic rings. The molecule has 2 aromatic rings. The van der Waals surface area contributed by atoms with Gasteiger partial charge in [0.25, 0.3) is 5.91 Å². The van der Waals surface area contributed by atoms with Crippen molar-refractivity contribution in [2.45, 2.75) is 19.8 Å². The van der Waals surface area contributed by atoms with Crippen molar-refractivity contribution >= 4 is 11.9 Å². The van der Waals surface area contributed by atoms with Gasteiger partial charge in [0.2, 0.25) is 0 Å². The maximum Gasteiger partial charge on any atom is 0.308 e. The molecule has 2 rings (SSSR count). The van der Waals surface area contributed by atoms with Gasteiger partial charge in [0, 0.05) is 30.6 Å². The molecule has 7 nitrogen and oxygen atoms in total. The van der Waals surface area contributed by atoms with E-state index < -0.39 is 17.8 Å².